The van der Waals surface area contributed by atoms with E-state index in [1.807, 2.05) is 19.1 Å². The molecule has 2 aliphatic heterocycles. The Morgan fingerprint density at radius 2 is 2.04 bits per heavy atom. The largest absolute Gasteiger partial charge is 0.324 e. The third-order valence-corrected chi connectivity index (χ3v) is 7.50. The smallest absolute Gasteiger partial charge is 0.285 e. The monoisotopic (exact) mass is 385 g/mol. The first-order chi connectivity index (χ1) is 13.0. The molecule has 0 atom stereocenters. The summed E-state index contributed by atoms with van der Waals surface area (Å²) in [4.78, 5) is 21.1. The van der Waals surface area contributed by atoms with E-state index in [2.05, 4.69) is 25.0 Å². The van der Waals surface area contributed by atoms with Crippen LogP contribution in [0, 0.1) is 6.92 Å². The van der Waals surface area contributed by atoms with E-state index in [1.165, 1.54) is 0 Å². The second-order valence-corrected chi connectivity index (χ2v) is 9.81. The highest BCUT2D eigenvalue weighted by atomic mass is 32.2. The van der Waals surface area contributed by atoms with Crippen LogP contribution in [0.2, 0.25) is 0 Å². The standard InChI is InChI=1S/C19H23N5O2S/c1-14-5-9-20-18(22-14)23-16-4-2-3-15(13-16)17(25)24-27(26)11-7-19(8-12-27)6-10-21-19/h2-5,9,13,21H,6-8,10-12H2,1H3,(H,20,22,23). The molecule has 2 fully saturated rings. The van der Waals surface area contributed by atoms with Crippen molar-refractivity contribution in [2.45, 2.75) is 31.7 Å². The molecule has 2 aromatic rings. The van der Waals surface area contributed by atoms with Gasteiger partial charge in [0, 0.05) is 40.2 Å². The third-order valence-electron chi connectivity index (χ3n) is 5.31. The molecule has 1 spiro atoms. The molecule has 3 heterocycles. The number of rotatable bonds is 3. The van der Waals surface area contributed by atoms with Gasteiger partial charge in [-0.15, -0.1) is 0 Å². The number of anilines is 2. The Balaban J connectivity index is 1.50. The molecule has 7 nitrogen and oxygen atoms in total. The van der Waals surface area contributed by atoms with Crippen LogP contribution in [0.15, 0.2) is 40.9 Å². The minimum Gasteiger partial charge on any atom is -0.324 e. The Labute approximate surface area is 159 Å². The molecule has 1 aromatic heterocycles. The number of nitrogens with zero attached hydrogens (tertiary/aromatic N) is 3. The molecule has 2 aliphatic rings. The van der Waals surface area contributed by atoms with Gasteiger partial charge in [-0.2, -0.15) is 4.36 Å². The van der Waals surface area contributed by atoms with Crippen LogP contribution >= 0.6 is 0 Å². The number of aromatic nitrogens is 2. The maximum atomic E-state index is 13.0. The topological polar surface area (TPSA) is 96.3 Å². The zero-order valence-corrected chi connectivity index (χ0v) is 16.1. The van der Waals surface area contributed by atoms with Crippen molar-refractivity contribution in [3.63, 3.8) is 0 Å². The van der Waals surface area contributed by atoms with Crippen LogP contribution in [0.5, 0.6) is 0 Å². The molecule has 4 rings (SSSR count). The summed E-state index contributed by atoms with van der Waals surface area (Å²) < 4.78 is 17.1. The summed E-state index contributed by atoms with van der Waals surface area (Å²) in [5.74, 6) is 1.01. The Bertz CT molecular complexity index is 977. The van der Waals surface area contributed by atoms with Gasteiger partial charge in [0.2, 0.25) is 5.95 Å². The van der Waals surface area contributed by atoms with Gasteiger partial charge in [-0.3, -0.25) is 4.79 Å². The van der Waals surface area contributed by atoms with E-state index in [-0.39, 0.29) is 5.54 Å². The van der Waals surface area contributed by atoms with Gasteiger partial charge in [-0.05, 0) is 57.0 Å². The molecule has 142 valence electrons. The van der Waals surface area contributed by atoms with Gasteiger partial charge in [-0.1, -0.05) is 6.07 Å². The number of nitrogens with one attached hydrogen (secondary N) is 2. The minimum atomic E-state index is -2.47. The van der Waals surface area contributed by atoms with Crippen molar-refractivity contribution in [3.8, 4) is 0 Å². The fourth-order valence-corrected chi connectivity index (χ4v) is 5.72. The average molecular weight is 385 g/mol. The SMILES string of the molecule is Cc1ccnc(Nc2cccc(C(=O)N=S3(=O)CCC4(CCN4)CC3)c2)n1. The highest BCUT2D eigenvalue weighted by Gasteiger charge is 2.40. The van der Waals surface area contributed by atoms with Gasteiger partial charge < -0.3 is 10.6 Å². The van der Waals surface area contributed by atoms with Crippen molar-refractivity contribution < 1.29 is 9.00 Å². The highest BCUT2D eigenvalue weighted by molar-refractivity contribution is 7.93. The summed E-state index contributed by atoms with van der Waals surface area (Å²) in [6.07, 6.45) is 4.46. The molecule has 2 N–H and O–H groups in total. The molecule has 2 saturated heterocycles. The summed E-state index contributed by atoms with van der Waals surface area (Å²) in [5.41, 5.74) is 2.11. The number of carbonyl (C=O) groups excluding carboxylic acids is 1. The number of aryl methyl sites for hydroxylation is 1. The second-order valence-electron chi connectivity index (χ2n) is 7.26. The highest BCUT2D eigenvalue weighted by Crippen LogP contribution is 2.33. The van der Waals surface area contributed by atoms with Gasteiger partial charge in [0.05, 0.1) is 9.73 Å². The predicted molar refractivity (Wildman–Crippen MR) is 106 cm³/mol. The lowest BCUT2D eigenvalue weighted by atomic mass is 9.82. The predicted octanol–water partition coefficient (Wildman–Crippen LogP) is 2.66. The molecule has 1 amide bonds. The molecule has 1 aromatic carbocycles. The van der Waals surface area contributed by atoms with Crippen LogP contribution in [0.3, 0.4) is 0 Å². The number of hydrogen-bond acceptors (Lipinski definition) is 6. The molecule has 0 bridgehead atoms. The van der Waals surface area contributed by atoms with Crippen LogP contribution in [-0.2, 0) is 9.73 Å². The van der Waals surface area contributed by atoms with E-state index >= 15 is 0 Å². The van der Waals surface area contributed by atoms with E-state index in [1.54, 1.807) is 24.4 Å². The van der Waals surface area contributed by atoms with Crippen molar-refractivity contribution in [1.29, 1.82) is 0 Å². The van der Waals surface area contributed by atoms with E-state index < -0.39 is 15.6 Å². The third kappa shape index (κ3) is 4.01. The van der Waals surface area contributed by atoms with E-state index in [4.69, 9.17) is 0 Å². The lowest BCUT2D eigenvalue weighted by Crippen LogP contribution is -2.60. The van der Waals surface area contributed by atoms with Crippen molar-refractivity contribution in [3.05, 3.63) is 47.8 Å². The zero-order chi connectivity index (χ0) is 18.9. The van der Waals surface area contributed by atoms with Gasteiger partial charge in [0.15, 0.2) is 0 Å². The van der Waals surface area contributed by atoms with Crippen LogP contribution in [-0.4, -0.2) is 43.7 Å². The summed E-state index contributed by atoms with van der Waals surface area (Å²) in [6, 6.07) is 8.79. The number of benzene rings is 1. The zero-order valence-electron chi connectivity index (χ0n) is 15.3. The van der Waals surface area contributed by atoms with Gasteiger partial charge in [0.25, 0.3) is 5.91 Å². The number of amides is 1. The molecule has 27 heavy (non-hydrogen) atoms. The first-order valence-electron chi connectivity index (χ1n) is 9.14. The van der Waals surface area contributed by atoms with Crippen LogP contribution in [0.1, 0.15) is 35.3 Å². The fraction of sp³-hybridized carbons (Fsp3) is 0.421. The Morgan fingerprint density at radius 3 is 2.70 bits per heavy atom. The quantitative estimate of drug-likeness (QED) is 0.843. The first-order valence-corrected chi connectivity index (χ1v) is 11.0. The van der Waals surface area contributed by atoms with Crippen LogP contribution in [0.25, 0.3) is 0 Å². The van der Waals surface area contributed by atoms with E-state index in [0.29, 0.717) is 28.7 Å². The summed E-state index contributed by atoms with van der Waals surface area (Å²) in [5, 5.41) is 6.53. The van der Waals surface area contributed by atoms with Gasteiger partial charge in [-0.25, -0.2) is 14.2 Å². The van der Waals surface area contributed by atoms with E-state index in [0.717, 1.165) is 31.5 Å². The second kappa shape index (κ2) is 7.01. The first kappa shape index (κ1) is 18.1. The molecule has 0 saturated carbocycles. The summed E-state index contributed by atoms with van der Waals surface area (Å²) in [6.45, 7) is 2.91. The molecule has 0 radical (unpaired) electrons. The molecular weight excluding hydrogens is 362 g/mol. The van der Waals surface area contributed by atoms with Crippen LogP contribution in [0.4, 0.5) is 11.6 Å². The van der Waals surface area contributed by atoms with Crippen molar-refractivity contribution in [2.24, 2.45) is 4.36 Å². The van der Waals surface area contributed by atoms with Gasteiger partial charge >= 0.3 is 0 Å². The van der Waals surface area contributed by atoms with E-state index in [9.17, 15) is 9.00 Å². The molecular formula is C19H23N5O2S. The molecule has 0 unspecified atom stereocenters. The van der Waals surface area contributed by atoms with Crippen LogP contribution < -0.4 is 10.6 Å². The normalized spacial score (nSPS) is 27.0. The number of carbonyl (C=O) groups is 1. The summed E-state index contributed by atoms with van der Waals surface area (Å²) in [7, 11) is -2.47. The van der Waals surface area contributed by atoms with Crippen molar-refractivity contribution in [1.82, 2.24) is 15.3 Å². The van der Waals surface area contributed by atoms with Gasteiger partial charge in [0.1, 0.15) is 0 Å². The number of hydrogen-bond donors (Lipinski definition) is 2. The molecule has 0 aliphatic carbocycles. The Hall–Kier alpha value is -2.32. The molecule has 8 heteroatoms. The van der Waals surface area contributed by atoms with Crippen molar-refractivity contribution in [2.75, 3.05) is 23.4 Å². The maximum absolute atomic E-state index is 13.0. The van der Waals surface area contributed by atoms with Crippen molar-refractivity contribution >= 4 is 27.3 Å². The Morgan fingerprint density at radius 1 is 1.26 bits per heavy atom. The maximum Gasteiger partial charge on any atom is 0.285 e. The average Bonchev–Trinajstić information content (AvgIpc) is 2.61. The lowest BCUT2D eigenvalue weighted by Gasteiger charge is -2.46. The minimum absolute atomic E-state index is 0.150. The summed E-state index contributed by atoms with van der Waals surface area (Å²) >= 11 is 0. The lowest BCUT2D eigenvalue weighted by molar-refractivity contribution is 0.100. The fourth-order valence-electron chi connectivity index (χ4n) is 3.51. The Kier molecular flexibility index (Phi) is 4.69.